The first-order valence-corrected chi connectivity index (χ1v) is 11.2. The van der Waals surface area contributed by atoms with Gasteiger partial charge >= 0.3 is 0 Å². The van der Waals surface area contributed by atoms with Crippen LogP contribution in [0.1, 0.15) is 41.3 Å². The van der Waals surface area contributed by atoms with Crippen LogP contribution in [-0.4, -0.2) is 55.1 Å². The van der Waals surface area contributed by atoms with E-state index in [1.54, 1.807) is 0 Å². The molecule has 158 valence electrons. The molecule has 1 aromatic carbocycles. The Morgan fingerprint density at radius 3 is 3.03 bits per heavy atom. The molecule has 2 N–H and O–H groups in total. The predicted octanol–water partition coefficient (Wildman–Crippen LogP) is 2.04. The van der Waals surface area contributed by atoms with Crippen LogP contribution in [-0.2, 0) is 24.2 Å². The second-order valence-corrected chi connectivity index (χ2v) is 8.86. The molecular formula is C24H31N5O. The molecule has 1 aliphatic carbocycles. The van der Waals surface area contributed by atoms with Crippen molar-refractivity contribution in [2.45, 2.75) is 44.3 Å². The Bertz CT molecular complexity index is 930. The molecule has 6 heteroatoms. The number of nitrogens with zero attached hydrogens (tertiary/aromatic N) is 3. The van der Waals surface area contributed by atoms with Crippen LogP contribution in [0, 0.1) is 0 Å². The molecule has 30 heavy (non-hydrogen) atoms. The first kappa shape index (κ1) is 19.5. The van der Waals surface area contributed by atoms with E-state index in [9.17, 15) is 4.79 Å². The third kappa shape index (κ3) is 3.82. The largest absolute Gasteiger partial charge is 0.360 e. The number of likely N-dealkylation sites (N-methyl/N-ethyl adjacent to an activating group) is 1. The number of pyridine rings is 1. The van der Waals surface area contributed by atoms with E-state index in [4.69, 9.17) is 4.98 Å². The van der Waals surface area contributed by atoms with Crippen molar-refractivity contribution in [3.63, 3.8) is 0 Å². The zero-order valence-electron chi connectivity index (χ0n) is 17.7. The van der Waals surface area contributed by atoms with Crippen LogP contribution in [0.5, 0.6) is 0 Å². The van der Waals surface area contributed by atoms with Gasteiger partial charge in [-0.15, -0.1) is 0 Å². The second kappa shape index (κ2) is 8.36. The van der Waals surface area contributed by atoms with Gasteiger partial charge in [-0.3, -0.25) is 14.7 Å². The third-order valence-corrected chi connectivity index (χ3v) is 6.86. The van der Waals surface area contributed by atoms with E-state index in [0.717, 1.165) is 39.0 Å². The maximum absolute atomic E-state index is 11.9. The van der Waals surface area contributed by atoms with Crippen molar-refractivity contribution >= 4 is 11.6 Å². The number of piperazine rings is 1. The van der Waals surface area contributed by atoms with Gasteiger partial charge in [0.2, 0.25) is 5.91 Å². The van der Waals surface area contributed by atoms with Gasteiger partial charge in [-0.05, 0) is 61.6 Å². The number of carbonyl (C=O) groups excluding carboxylic acids is 1. The monoisotopic (exact) mass is 405 g/mol. The lowest BCUT2D eigenvalue weighted by Crippen LogP contribution is -2.49. The minimum Gasteiger partial charge on any atom is -0.360 e. The summed E-state index contributed by atoms with van der Waals surface area (Å²) in [5.74, 6) is 0.118. The number of carbonyl (C=O) groups is 1. The molecule has 0 unspecified atom stereocenters. The second-order valence-electron chi connectivity index (χ2n) is 8.86. The molecule has 1 aromatic heterocycles. The number of hydrogen-bond donors (Lipinski definition) is 2. The lowest BCUT2D eigenvalue weighted by Gasteiger charge is -2.38. The third-order valence-electron chi connectivity index (χ3n) is 6.86. The van der Waals surface area contributed by atoms with Crippen LogP contribution in [0.4, 0.5) is 5.69 Å². The normalized spacial score (nSPS) is 23.7. The van der Waals surface area contributed by atoms with Gasteiger partial charge in [-0.25, -0.2) is 0 Å². The fourth-order valence-electron chi connectivity index (χ4n) is 5.35. The average molecular weight is 406 g/mol. The Kier molecular flexibility index (Phi) is 5.44. The van der Waals surface area contributed by atoms with Crippen molar-refractivity contribution in [2.24, 2.45) is 0 Å². The molecule has 0 spiro atoms. The van der Waals surface area contributed by atoms with Gasteiger partial charge in [0.05, 0.1) is 18.3 Å². The number of fused-ring (bicyclic) bond motifs is 2. The molecule has 6 nitrogen and oxygen atoms in total. The number of hydrogen-bond acceptors (Lipinski definition) is 5. The summed E-state index contributed by atoms with van der Waals surface area (Å²) in [5, 5.41) is 6.68. The lowest BCUT2D eigenvalue weighted by atomic mass is 9.89. The number of aryl methyl sites for hydroxylation is 1. The Labute approximate surface area is 178 Å². The smallest absolute Gasteiger partial charge is 0.239 e. The Morgan fingerprint density at radius 1 is 1.23 bits per heavy atom. The maximum atomic E-state index is 11.9. The number of anilines is 1. The fraction of sp³-hybridized carbons (Fsp3) is 0.500. The van der Waals surface area contributed by atoms with Gasteiger partial charge in [0.25, 0.3) is 0 Å². The van der Waals surface area contributed by atoms with Crippen molar-refractivity contribution in [1.82, 2.24) is 20.5 Å². The van der Waals surface area contributed by atoms with Crippen LogP contribution in [0.2, 0.25) is 0 Å². The van der Waals surface area contributed by atoms with Gasteiger partial charge in [-0.1, -0.05) is 18.2 Å². The standard InChI is InChI=1S/C24H31N5O/c1-28(22-9-2-5-17-7-4-10-26-24(17)22)15-19-13-20-18(14-27-19)6-3-8-21(20)29-12-11-25-23(30)16-29/h3-4,6-8,10,19,22,27H,2,5,9,11-16H2,1H3,(H,25,30)/t19-,22+/m1/s1. The summed E-state index contributed by atoms with van der Waals surface area (Å²) in [6, 6.07) is 11.6. The Hall–Kier alpha value is -2.44. The molecule has 0 saturated carbocycles. The SMILES string of the molecule is CN(C[C@H]1Cc2c(cccc2N2CCNC(=O)C2)CN1)[C@H]1CCCc2cccnc21. The van der Waals surface area contributed by atoms with E-state index in [1.807, 2.05) is 6.20 Å². The average Bonchev–Trinajstić information content (AvgIpc) is 2.78. The highest BCUT2D eigenvalue weighted by molar-refractivity contribution is 5.83. The molecule has 3 aliphatic rings. The highest BCUT2D eigenvalue weighted by Crippen LogP contribution is 2.33. The van der Waals surface area contributed by atoms with Crippen molar-refractivity contribution in [2.75, 3.05) is 38.1 Å². The number of aromatic nitrogens is 1. The van der Waals surface area contributed by atoms with Gasteiger partial charge in [-0.2, -0.15) is 0 Å². The van der Waals surface area contributed by atoms with Gasteiger partial charge in [0, 0.05) is 44.1 Å². The molecule has 2 aliphatic heterocycles. The highest BCUT2D eigenvalue weighted by atomic mass is 16.2. The molecule has 1 amide bonds. The number of rotatable bonds is 4. The molecule has 5 rings (SSSR count). The van der Waals surface area contributed by atoms with Crippen LogP contribution in [0.15, 0.2) is 36.5 Å². The molecule has 2 atom stereocenters. The molecule has 1 saturated heterocycles. The topological polar surface area (TPSA) is 60.5 Å². The van der Waals surface area contributed by atoms with Crippen molar-refractivity contribution in [1.29, 1.82) is 0 Å². The van der Waals surface area contributed by atoms with Crippen molar-refractivity contribution in [3.05, 3.63) is 58.9 Å². The minimum absolute atomic E-state index is 0.118. The first-order valence-electron chi connectivity index (χ1n) is 11.2. The molecule has 3 heterocycles. The zero-order chi connectivity index (χ0) is 20.5. The van der Waals surface area contributed by atoms with Crippen LogP contribution < -0.4 is 15.5 Å². The van der Waals surface area contributed by atoms with Gasteiger partial charge in [0.15, 0.2) is 0 Å². The summed E-state index contributed by atoms with van der Waals surface area (Å²) in [7, 11) is 2.24. The maximum Gasteiger partial charge on any atom is 0.239 e. The first-order chi connectivity index (χ1) is 14.7. The van der Waals surface area contributed by atoms with E-state index < -0.39 is 0 Å². The number of amides is 1. The minimum atomic E-state index is 0.118. The summed E-state index contributed by atoms with van der Waals surface area (Å²) in [5.41, 5.74) is 6.69. The van der Waals surface area contributed by atoms with E-state index >= 15 is 0 Å². The summed E-state index contributed by atoms with van der Waals surface area (Å²) < 4.78 is 0. The van der Waals surface area contributed by atoms with E-state index in [0.29, 0.717) is 18.6 Å². The zero-order valence-corrected chi connectivity index (χ0v) is 17.7. The number of benzene rings is 1. The van der Waals surface area contributed by atoms with Crippen LogP contribution in [0.3, 0.4) is 0 Å². The summed E-state index contributed by atoms with van der Waals surface area (Å²) in [6.07, 6.45) is 6.49. The predicted molar refractivity (Wildman–Crippen MR) is 119 cm³/mol. The van der Waals surface area contributed by atoms with Crippen LogP contribution in [0.25, 0.3) is 0 Å². The van der Waals surface area contributed by atoms with Crippen LogP contribution >= 0.6 is 0 Å². The highest BCUT2D eigenvalue weighted by Gasteiger charge is 2.29. The van der Waals surface area contributed by atoms with Crippen molar-refractivity contribution < 1.29 is 4.79 Å². The summed E-state index contributed by atoms with van der Waals surface area (Å²) >= 11 is 0. The number of nitrogens with one attached hydrogen (secondary N) is 2. The Morgan fingerprint density at radius 2 is 2.13 bits per heavy atom. The molecule has 2 aromatic rings. The van der Waals surface area contributed by atoms with E-state index in [1.165, 1.54) is 40.9 Å². The molecule has 0 bridgehead atoms. The van der Waals surface area contributed by atoms with Gasteiger partial charge < -0.3 is 15.5 Å². The van der Waals surface area contributed by atoms with E-state index in [2.05, 4.69) is 57.8 Å². The summed E-state index contributed by atoms with van der Waals surface area (Å²) in [4.78, 5) is 21.4. The molecule has 1 fully saturated rings. The van der Waals surface area contributed by atoms with Crippen molar-refractivity contribution in [3.8, 4) is 0 Å². The summed E-state index contributed by atoms with van der Waals surface area (Å²) in [6.45, 7) is 3.95. The fourth-order valence-corrected chi connectivity index (χ4v) is 5.35. The van der Waals surface area contributed by atoms with Gasteiger partial charge in [0.1, 0.15) is 0 Å². The quantitative estimate of drug-likeness (QED) is 0.815. The van der Waals surface area contributed by atoms with E-state index in [-0.39, 0.29) is 5.91 Å². The Balaban J connectivity index is 1.32. The molecular weight excluding hydrogens is 374 g/mol. The molecule has 0 radical (unpaired) electrons. The lowest BCUT2D eigenvalue weighted by molar-refractivity contribution is -0.120.